The summed E-state index contributed by atoms with van der Waals surface area (Å²) in [6, 6.07) is 23.7. The highest BCUT2D eigenvalue weighted by molar-refractivity contribution is 5.93. The molecule has 0 bridgehead atoms. The topological polar surface area (TPSA) is 101 Å². The molecule has 0 saturated heterocycles. The fourth-order valence-electron chi connectivity index (χ4n) is 4.34. The summed E-state index contributed by atoms with van der Waals surface area (Å²) in [5, 5.41) is 21.1. The van der Waals surface area contributed by atoms with Crippen molar-refractivity contribution in [2.75, 3.05) is 0 Å². The molecule has 0 atom stereocenters. The number of nitro groups is 1. The number of hydrogen-bond acceptors (Lipinski definition) is 5. The number of fused-ring (bicyclic) bond motifs is 3. The number of hydrogen-bond donors (Lipinski definition) is 0. The average Bonchev–Trinajstić information content (AvgIpc) is 3.54. The maximum absolute atomic E-state index is 13.4. The minimum Gasteiger partial charge on any atom is -0.342 e. The van der Waals surface area contributed by atoms with Gasteiger partial charge in [-0.3, -0.25) is 14.9 Å². The van der Waals surface area contributed by atoms with Gasteiger partial charge in [0.15, 0.2) is 0 Å². The third kappa shape index (κ3) is 3.46. The standard InChI is InChI=1S/C26H18N6O3/c33-26-21-17-29(16-18-10-12-19(13-11-18)30-15-5-14-27-30)22-7-2-1-6-20(22)25(21)28-31(26)23-8-3-4-9-24(23)32(34)35/h1-15,17H,16H2. The zero-order valence-corrected chi connectivity index (χ0v) is 18.4. The van der Waals surface area contributed by atoms with E-state index in [1.165, 1.54) is 12.1 Å². The van der Waals surface area contributed by atoms with Crippen LogP contribution in [0.2, 0.25) is 0 Å². The number of pyridine rings is 1. The van der Waals surface area contributed by atoms with Gasteiger partial charge in [-0.15, -0.1) is 0 Å². The summed E-state index contributed by atoms with van der Waals surface area (Å²) >= 11 is 0. The fraction of sp³-hybridized carbons (Fsp3) is 0.0385. The molecule has 0 spiro atoms. The van der Waals surface area contributed by atoms with E-state index in [1.807, 2.05) is 65.4 Å². The van der Waals surface area contributed by atoms with Gasteiger partial charge in [-0.25, -0.2) is 4.68 Å². The first-order chi connectivity index (χ1) is 17.1. The summed E-state index contributed by atoms with van der Waals surface area (Å²) in [6.07, 6.45) is 5.39. The second-order valence-corrected chi connectivity index (χ2v) is 8.12. The Morgan fingerprint density at radius 2 is 1.69 bits per heavy atom. The summed E-state index contributed by atoms with van der Waals surface area (Å²) in [5.74, 6) is 0. The van der Waals surface area contributed by atoms with Gasteiger partial charge >= 0.3 is 0 Å². The zero-order chi connectivity index (χ0) is 23.9. The normalized spacial score (nSPS) is 11.3. The molecule has 0 amide bonds. The number of aromatic nitrogens is 5. The molecule has 0 radical (unpaired) electrons. The van der Waals surface area contributed by atoms with Gasteiger partial charge in [-0.05, 0) is 35.9 Å². The summed E-state index contributed by atoms with van der Waals surface area (Å²) in [7, 11) is 0. The van der Waals surface area contributed by atoms with Crippen molar-refractivity contribution in [2.24, 2.45) is 0 Å². The summed E-state index contributed by atoms with van der Waals surface area (Å²) in [5.41, 5.74) is 3.39. The largest absolute Gasteiger partial charge is 0.342 e. The van der Waals surface area contributed by atoms with Crippen molar-refractivity contribution in [2.45, 2.75) is 6.54 Å². The third-order valence-electron chi connectivity index (χ3n) is 6.00. The molecule has 170 valence electrons. The smallest absolute Gasteiger partial charge is 0.295 e. The van der Waals surface area contributed by atoms with Gasteiger partial charge in [0.25, 0.3) is 11.2 Å². The molecular weight excluding hydrogens is 444 g/mol. The van der Waals surface area contributed by atoms with E-state index in [1.54, 1.807) is 29.2 Å². The highest BCUT2D eigenvalue weighted by atomic mass is 16.6. The van der Waals surface area contributed by atoms with Crippen LogP contribution in [0.15, 0.2) is 102 Å². The molecule has 0 saturated carbocycles. The Kier molecular flexibility index (Phi) is 4.74. The maximum atomic E-state index is 13.4. The molecule has 4 aromatic rings. The lowest BCUT2D eigenvalue weighted by Gasteiger charge is -2.14. The van der Waals surface area contributed by atoms with E-state index in [0.717, 1.165) is 26.8 Å². The first-order valence-electron chi connectivity index (χ1n) is 10.9. The van der Waals surface area contributed by atoms with Crippen LogP contribution in [0.25, 0.3) is 33.5 Å². The van der Waals surface area contributed by atoms with Crippen molar-refractivity contribution in [1.29, 1.82) is 0 Å². The molecule has 35 heavy (non-hydrogen) atoms. The molecule has 6 rings (SSSR count). The summed E-state index contributed by atoms with van der Waals surface area (Å²) < 4.78 is 4.92. The number of nitro benzene ring substituents is 1. The first kappa shape index (κ1) is 20.5. The Morgan fingerprint density at radius 3 is 2.46 bits per heavy atom. The lowest BCUT2D eigenvalue weighted by molar-refractivity contribution is -0.384. The van der Waals surface area contributed by atoms with E-state index in [2.05, 4.69) is 10.2 Å². The quantitative estimate of drug-likeness (QED) is 0.279. The Labute approximate surface area is 198 Å². The van der Waals surface area contributed by atoms with Crippen LogP contribution < -0.4 is 5.56 Å². The molecular formula is C26H18N6O3. The number of rotatable bonds is 5. The Hall–Kier alpha value is -5.05. The number of nitrogens with zero attached hydrogens (tertiary/aromatic N) is 6. The van der Waals surface area contributed by atoms with Crippen LogP contribution in [-0.2, 0) is 6.54 Å². The predicted molar refractivity (Wildman–Crippen MR) is 131 cm³/mol. The Bertz CT molecular complexity index is 1710. The van der Waals surface area contributed by atoms with Crippen LogP contribution in [0.4, 0.5) is 5.69 Å². The van der Waals surface area contributed by atoms with Gasteiger partial charge in [-0.1, -0.05) is 42.5 Å². The molecule has 0 N–H and O–H groups in total. The van der Waals surface area contributed by atoms with Gasteiger partial charge in [0, 0.05) is 36.6 Å². The van der Waals surface area contributed by atoms with Crippen molar-refractivity contribution in [3.8, 4) is 22.6 Å². The molecule has 2 aliphatic heterocycles. The first-order valence-corrected chi connectivity index (χ1v) is 10.9. The van der Waals surface area contributed by atoms with Crippen molar-refractivity contribution in [3.63, 3.8) is 0 Å². The molecule has 0 unspecified atom stereocenters. The molecule has 0 fully saturated rings. The van der Waals surface area contributed by atoms with Crippen LogP contribution in [0, 0.1) is 10.1 Å². The van der Waals surface area contributed by atoms with Crippen molar-refractivity contribution in [1.82, 2.24) is 24.1 Å². The van der Waals surface area contributed by atoms with Crippen LogP contribution in [-0.4, -0.2) is 29.1 Å². The molecule has 9 nitrogen and oxygen atoms in total. The molecule has 2 aliphatic rings. The van der Waals surface area contributed by atoms with Crippen LogP contribution in [0.5, 0.6) is 0 Å². The minimum atomic E-state index is -0.508. The second kappa shape index (κ2) is 8.07. The van der Waals surface area contributed by atoms with Crippen molar-refractivity contribution >= 4 is 16.6 Å². The molecule has 3 heterocycles. The van der Waals surface area contributed by atoms with Crippen molar-refractivity contribution < 1.29 is 4.92 Å². The fourth-order valence-corrected chi connectivity index (χ4v) is 4.34. The van der Waals surface area contributed by atoms with Crippen LogP contribution in [0.3, 0.4) is 0 Å². The second-order valence-electron chi connectivity index (χ2n) is 8.12. The van der Waals surface area contributed by atoms with E-state index in [0.29, 0.717) is 17.8 Å². The van der Waals surface area contributed by atoms with Crippen LogP contribution in [0.1, 0.15) is 5.56 Å². The van der Waals surface area contributed by atoms with E-state index in [-0.39, 0.29) is 11.4 Å². The Morgan fingerprint density at radius 1 is 0.914 bits per heavy atom. The highest BCUT2D eigenvalue weighted by Gasteiger charge is 2.24. The van der Waals surface area contributed by atoms with E-state index < -0.39 is 10.5 Å². The van der Waals surface area contributed by atoms with Gasteiger partial charge in [0.05, 0.1) is 21.7 Å². The maximum Gasteiger partial charge on any atom is 0.295 e. The lowest BCUT2D eigenvalue weighted by atomic mass is 10.1. The zero-order valence-electron chi connectivity index (χ0n) is 18.4. The number of para-hydroxylation sites is 3. The van der Waals surface area contributed by atoms with E-state index in [4.69, 9.17) is 0 Å². The van der Waals surface area contributed by atoms with Gasteiger partial charge < -0.3 is 4.57 Å². The molecule has 3 aromatic carbocycles. The highest BCUT2D eigenvalue weighted by Crippen LogP contribution is 2.30. The monoisotopic (exact) mass is 462 g/mol. The summed E-state index contributed by atoms with van der Waals surface area (Å²) in [4.78, 5) is 24.4. The third-order valence-corrected chi connectivity index (χ3v) is 6.00. The predicted octanol–water partition coefficient (Wildman–Crippen LogP) is 4.43. The minimum absolute atomic E-state index is 0.142. The number of benzene rings is 3. The van der Waals surface area contributed by atoms with Crippen LogP contribution >= 0.6 is 0 Å². The van der Waals surface area contributed by atoms with E-state index >= 15 is 0 Å². The van der Waals surface area contributed by atoms with Crippen molar-refractivity contribution in [3.05, 3.63) is 123 Å². The lowest BCUT2D eigenvalue weighted by Crippen LogP contribution is -2.16. The van der Waals surface area contributed by atoms with E-state index in [9.17, 15) is 14.9 Å². The SMILES string of the molecule is O=c1c2cn(Cc3ccc(-n4cccn4)cc3)c3ccccc3c-2nn1-c1ccccc1[N+](=O)[O-]. The summed E-state index contributed by atoms with van der Waals surface area (Å²) in [6.45, 7) is 0.534. The van der Waals surface area contributed by atoms with Gasteiger partial charge in [0.1, 0.15) is 11.4 Å². The molecule has 1 aromatic heterocycles. The average molecular weight is 462 g/mol. The molecule has 0 aliphatic carbocycles. The molecule has 9 heteroatoms. The van der Waals surface area contributed by atoms with Gasteiger partial charge in [-0.2, -0.15) is 14.9 Å². The van der Waals surface area contributed by atoms with Gasteiger partial charge in [0.2, 0.25) is 0 Å². The Balaban J connectivity index is 1.49.